The third kappa shape index (κ3) is 5.77. The lowest BCUT2D eigenvalue weighted by Gasteiger charge is -2.41. The smallest absolute Gasteiger partial charge is 0.229 e. The second-order valence-corrected chi connectivity index (χ2v) is 10.4. The van der Waals surface area contributed by atoms with Gasteiger partial charge in [0.25, 0.3) is 0 Å². The minimum absolute atomic E-state index is 0.0287. The first kappa shape index (κ1) is 31.8. The fourth-order valence-corrected chi connectivity index (χ4v) is 5.00. The summed E-state index contributed by atoms with van der Waals surface area (Å²) in [6.07, 6.45) is -16.5. The maximum Gasteiger partial charge on any atom is 0.229 e. The molecule has 5 rings (SSSR count). The van der Waals surface area contributed by atoms with Gasteiger partial charge in [0.15, 0.2) is 23.4 Å². The number of fused-ring (bicyclic) bond motifs is 1. The summed E-state index contributed by atoms with van der Waals surface area (Å²) in [4.78, 5) is 0. The Labute approximate surface area is 247 Å². The fraction of sp³-hybridized carbons (Fsp3) is 0.481. The molecule has 2 fully saturated rings. The molecule has 0 amide bonds. The Morgan fingerprint density at radius 1 is 0.614 bits per heavy atom. The molecule has 2 saturated heterocycles. The van der Waals surface area contributed by atoms with Gasteiger partial charge in [0, 0.05) is 17.7 Å². The number of hydrogen-bond donors (Lipinski definition) is 12. The van der Waals surface area contributed by atoms with Crippen LogP contribution in [0.2, 0.25) is 0 Å². The third-order valence-corrected chi connectivity index (χ3v) is 7.48. The molecule has 17 heteroatoms. The molecule has 0 spiro atoms. The van der Waals surface area contributed by atoms with Crippen molar-refractivity contribution < 1.29 is 85.0 Å². The number of ether oxygens (including phenoxy) is 5. The molecule has 1 unspecified atom stereocenters. The van der Waals surface area contributed by atoms with E-state index in [0.717, 1.165) is 18.2 Å². The number of phenols is 4. The molecule has 242 valence electrons. The van der Waals surface area contributed by atoms with Gasteiger partial charge in [0.2, 0.25) is 12.6 Å². The highest BCUT2D eigenvalue weighted by molar-refractivity contribution is 5.70. The minimum atomic E-state index is -1.83. The number of aliphatic hydroxyl groups excluding tert-OH is 8. The summed E-state index contributed by atoms with van der Waals surface area (Å²) in [5.74, 6) is -3.34. The Morgan fingerprint density at radius 2 is 1.14 bits per heavy atom. The number of rotatable bonds is 7. The molecule has 2 aromatic carbocycles. The summed E-state index contributed by atoms with van der Waals surface area (Å²) in [5.41, 5.74) is -0.0618. The van der Waals surface area contributed by atoms with Gasteiger partial charge in [-0.05, 0) is 18.2 Å². The topological polar surface area (TPSA) is 289 Å². The third-order valence-electron chi connectivity index (χ3n) is 7.48. The molecule has 44 heavy (non-hydrogen) atoms. The Balaban J connectivity index is 1.51. The Kier molecular flexibility index (Phi) is 8.96. The molecule has 0 saturated carbocycles. The Hall–Kier alpha value is -3.62. The summed E-state index contributed by atoms with van der Waals surface area (Å²) in [6.45, 7) is -1.45. The zero-order valence-electron chi connectivity index (χ0n) is 22.6. The predicted octanol–water partition coefficient (Wildman–Crippen LogP) is -3.02. The zero-order chi connectivity index (χ0) is 32.0. The predicted molar refractivity (Wildman–Crippen MR) is 140 cm³/mol. The number of aliphatic hydroxyl groups is 8. The average molecular weight is 629 g/mol. The molecule has 12 N–H and O–H groups in total. The molecule has 3 heterocycles. The van der Waals surface area contributed by atoms with Crippen LogP contribution in [-0.2, 0) is 14.2 Å². The molecule has 0 aromatic heterocycles. The second kappa shape index (κ2) is 12.4. The summed E-state index contributed by atoms with van der Waals surface area (Å²) < 4.78 is 28.1. The molecular formula is C27H32O17. The molecule has 0 bridgehead atoms. The van der Waals surface area contributed by atoms with Crippen LogP contribution in [0.4, 0.5) is 0 Å². The van der Waals surface area contributed by atoms with E-state index in [1.165, 1.54) is 12.1 Å². The first-order chi connectivity index (χ1) is 20.8. The number of hydrogen-bond acceptors (Lipinski definition) is 17. The van der Waals surface area contributed by atoms with Crippen molar-refractivity contribution in [2.75, 3.05) is 13.2 Å². The van der Waals surface area contributed by atoms with E-state index in [1.807, 2.05) is 0 Å². The van der Waals surface area contributed by atoms with E-state index < -0.39 is 104 Å². The molecular weight excluding hydrogens is 596 g/mol. The van der Waals surface area contributed by atoms with Crippen LogP contribution in [0.3, 0.4) is 0 Å². The zero-order valence-corrected chi connectivity index (χ0v) is 22.6. The SMILES string of the molecule is OC[C@@H]1O[C@@H](Oc2cc(O)c3c(c2)OC(c2cc(O)c(O)c(O)c2)C(O[C@@H]2O[C@H](CO)[C@@H](O)[C@@H](O)[C@H]2O)=C3)[C@H](O)[C@@H](O)[C@@H]1O. The molecule has 3 aliphatic heterocycles. The molecule has 0 radical (unpaired) electrons. The average Bonchev–Trinajstić information content (AvgIpc) is 3.00. The molecule has 17 nitrogen and oxygen atoms in total. The van der Waals surface area contributed by atoms with Crippen LogP contribution < -0.4 is 9.47 Å². The highest BCUT2D eigenvalue weighted by Crippen LogP contribution is 2.47. The van der Waals surface area contributed by atoms with Crippen LogP contribution in [0.1, 0.15) is 17.2 Å². The van der Waals surface area contributed by atoms with Gasteiger partial charge in [-0.1, -0.05) is 0 Å². The summed E-state index contributed by atoms with van der Waals surface area (Å²) in [6, 6.07) is 4.33. The van der Waals surface area contributed by atoms with E-state index in [1.54, 1.807) is 0 Å². The van der Waals surface area contributed by atoms with Crippen molar-refractivity contribution in [2.45, 2.75) is 67.5 Å². The van der Waals surface area contributed by atoms with Gasteiger partial charge in [-0.15, -0.1) is 0 Å². The van der Waals surface area contributed by atoms with E-state index in [4.69, 9.17) is 23.7 Å². The van der Waals surface area contributed by atoms with Crippen LogP contribution in [0.5, 0.6) is 34.5 Å². The van der Waals surface area contributed by atoms with Gasteiger partial charge in [-0.3, -0.25) is 0 Å². The van der Waals surface area contributed by atoms with Crippen molar-refractivity contribution in [2.24, 2.45) is 0 Å². The summed E-state index contributed by atoms with van der Waals surface area (Å²) >= 11 is 0. The fourth-order valence-electron chi connectivity index (χ4n) is 5.00. The Morgan fingerprint density at radius 3 is 1.66 bits per heavy atom. The molecule has 2 aromatic rings. The monoisotopic (exact) mass is 628 g/mol. The Bertz CT molecular complexity index is 1360. The standard InChI is InChI=1S/C27H32O17/c28-6-16-19(34)21(36)23(38)26(43-16)40-9-3-11(30)10-5-15(42-27-24(39)22(37)20(35)17(7-29)44-27)25(41-14(10)4-9)8-1-12(31)18(33)13(32)2-8/h1-5,16-17,19-39H,6-7H2/t16-,17+,19+,20+,21-,22+,23+,24+,25?,26+,27+/m0/s1. The molecule has 11 atom stereocenters. The van der Waals surface area contributed by atoms with Crippen LogP contribution in [0, 0.1) is 0 Å². The van der Waals surface area contributed by atoms with Crippen molar-refractivity contribution in [3.63, 3.8) is 0 Å². The van der Waals surface area contributed by atoms with Gasteiger partial charge in [-0.25, -0.2) is 0 Å². The van der Waals surface area contributed by atoms with Gasteiger partial charge in [0.1, 0.15) is 71.8 Å². The van der Waals surface area contributed by atoms with Gasteiger partial charge < -0.3 is 85.0 Å². The quantitative estimate of drug-likeness (QED) is 0.136. The highest BCUT2D eigenvalue weighted by Gasteiger charge is 2.47. The van der Waals surface area contributed by atoms with Gasteiger partial charge in [-0.2, -0.15) is 0 Å². The normalized spacial score (nSPS) is 35.3. The first-order valence-electron chi connectivity index (χ1n) is 13.3. The van der Waals surface area contributed by atoms with E-state index in [9.17, 15) is 61.3 Å². The molecule has 3 aliphatic rings. The van der Waals surface area contributed by atoms with E-state index in [-0.39, 0.29) is 28.4 Å². The van der Waals surface area contributed by atoms with E-state index in [0.29, 0.717) is 0 Å². The van der Waals surface area contributed by atoms with Crippen molar-refractivity contribution in [3.05, 3.63) is 41.2 Å². The largest absolute Gasteiger partial charge is 0.507 e. The first-order valence-corrected chi connectivity index (χ1v) is 13.3. The lowest BCUT2D eigenvalue weighted by molar-refractivity contribution is -0.293. The lowest BCUT2D eigenvalue weighted by atomic mass is 9.98. The van der Waals surface area contributed by atoms with Crippen LogP contribution in [0.25, 0.3) is 6.08 Å². The second-order valence-electron chi connectivity index (χ2n) is 10.4. The van der Waals surface area contributed by atoms with Crippen LogP contribution in [0.15, 0.2) is 30.0 Å². The number of benzene rings is 2. The maximum absolute atomic E-state index is 10.8. The summed E-state index contributed by atoms with van der Waals surface area (Å²) in [7, 11) is 0. The van der Waals surface area contributed by atoms with Crippen LogP contribution in [-0.4, -0.2) is 136 Å². The maximum atomic E-state index is 10.8. The van der Waals surface area contributed by atoms with Crippen molar-refractivity contribution in [1.29, 1.82) is 0 Å². The van der Waals surface area contributed by atoms with E-state index in [2.05, 4.69) is 0 Å². The van der Waals surface area contributed by atoms with Crippen molar-refractivity contribution in [3.8, 4) is 34.5 Å². The van der Waals surface area contributed by atoms with E-state index >= 15 is 0 Å². The summed E-state index contributed by atoms with van der Waals surface area (Å²) in [5, 5.41) is 121. The van der Waals surface area contributed by atoms with Crippen molar-refractivity contribution >= 4 is 6.08 Å². The van der Waals surface area contributed by atoms with Crippen LogP contribution >= 0.6 is 0 Å². The number of phenolic OH excluding ortho intramolecular Hbond substituents is 4. The van der Waals surface area contributed by atoms with Gasteiger partial charge in [0.05, 0.1) is 18.8 Å². The minimum Gasteiger partial charge on any atom is -0.507 e. The lowest BCUT2D eigenvalue weighted by Crippen LogP contribution is -2.60. The van der Waals surface area contributed by atoms with Crippen molar-refractivity contribution in [1.82, 2.24) is 0 Å². The molecule has 0 aliphatic carbocycles. The number of aromatic hydroxyl groups is 4. The highest BCUT2D eigenvalue weighted by atomic mass is 16.7. The van der Waals surface area contributed by atoms with Gasteiger partial charge >= 0.3 is 0 Å².